The van der Waals surface area contributed by atoms with E-state index >= 15 is 0 Å². The number of nitrogens with zero attached hydrogens (tertiary/aromatic N) is 3. The predicted molar refractivity (Wildman–Crippen MR) is 114 cm³/mol. The van der Waals surface area contributed by atoms with Gasteiger partial charge in [-0.3, -0.25) is 9.59 Å². The summed E-state index contributed by atoms with van der Waals surface area (Å²) >= 11 is 1.62. The van der Waals surface area contributed by atoms with Gasteiger partial charge in [-0.05, 0) is 37.8 Å². The number of amides is 2. The molecule has 7 nitrogen and oxygen atoms in total. The molecule has 0 radical (unpaired) electrons. The van der Waals surface area contributed by atoms with Crippen LogP contribution in [0, 0.1) is 6.92 Å². The number of aromatic nitrogens is 2. The number of thiazole rings is 1. The van der Waals surface area contributed by atoms with E-state index in [1.165, 1.54) is 6.20 Å². The molecule has 1 N–H and O–H groups in total. The monoisotopic (exact) mass is 424 g/mol. The zero-order valence-corrected chi connectivity index (χ0v) is 17.8. The second-order valence-corrected chi connectivity index (χ2v) is 8.37. The van der Waals surface area contributed by atoms with Crippen molar-refractivity contribution in [2.75, 3.05) is 6.54 Å². The Morgan fingerprint density at radius 3 is 2.77 bits per heavy atom. The summed E-state index contributed by atoms with van der Waals surface area (Å²) in [6.45, 7) is 4.54. The minimum Gasteiger partial charge on any atom is -0.361 e. The van der Waals surface area contributed by atoms with Crippen LogP contribution >= 0.6 is 11.3 Å². The van der Waals surface area contributed by atoms with Crippen molar-refractivity contribution in [1.82, 2.24) is 20.4 Å². The summed E-state index contributed by atoms with van der Waals surface area (Å²) in [5.74, 6) is 0.283. The molecule has 1 aliphatic rings. The number of hydrogen-bond donors (Lipinski definition) is 1. The van der Waals surface area contributed by atoms with E-state index < -0.39 is 6.04 Å². The normalized spacial score (nSPS) is 17.1. The molecule has 1 fully saturated rings. The van der Waals surface area contributed by atoms with Crippen LogP contribution in [0.2, 0.25) is 0 Å². The van der Waals surface area contributed by atoms with Crippen molar-refractivity contribution in [3.05, 3.63) is 59.1 Å². The lowest BCUT2D eigenvalue weighted by Gasteiger charge is -2.25. The molecule has 2 aromatic heterocycles. The Kier molecular flexibility index (Phi) is 5.94. The molecule has 2 atom stereocenters. The molecule has 1 aliphatic heterocycles. The lowest BCUT2D eigenvalue weighted by atomic mass is 10.0. The average molecular weight is 425 g/mol. The van der Waals surface area contributed by atoms with Crippen LogP contribution in [0.25, 0.3) is 10.4 Å². The Hall–Kier alpha value is -3.00. The topological polar surface area (TPSA) is 88.3 Å². The molecule has 1 saturated heterocycles. The molecule has 0 aliphatic carbocycles. The standard InChI is InChI=1S/C22H24N4O3S/c1-14(16-5-7-17(8-6-16)21-15(2)23-13-30-21)25-22(28)19-4-3-11-26(19)20(27)12-18-9-10-24-29-18/h5-10,13-14,19H,3-4,11-12H2,1-2H3,(H,25,28)/t14-,19-/m0/s1. The number of likely N-dealkylation sites (tertiary alicyclic amines) is 1. The molecule has 0 spiro atoms. The van der Waals surface area contributed by atoms with Gasteiger partial charge in [-0.15, -0.1) is 11.3 Å². The van der Waals surface area contributed by atoms with E-state index in [1.807, 2.05) is 31.5 Å². The number of benzene rings is 1. The number of rotatable bonds is 6. The maximum absolute atomic E-state index is 12.9. The van der Waals surface area contributed by atoms with Crippen LogP contribution in [-0.2, 0) is 16.0 Å². The summed E-state index contributed by atoms with van der Waals surface area (Å²) in [5.41, 5.74) is 5.01. The Bertz CT molecular complexity index is 1010. The third-order valence-corrected chi connectivity index (χ3v) is 6.45. The highest BCUT2D eigenvalue weighted by Gasteiger charge is 2.34. The van der Waals surface area contributed by atoms with Gasteiger partial charge in [-0.2, -0.15) is 0 Å². The molecule has 0 unspecified atom stereocenters. The van der Waals surface area contributed by atoms with Gasteiger partial charge in [0, 0.05) is 12.6 Å². The SMILES string of the molecule is Cc1ncsc1-c1ccc([C@H](C)NC(=O)[C@@H]2CCCN2C(=O)Cc2ccno2)cc1. The number of hydrogen-bond acceptors (Lipinski definition) is 6. The van der Waals surface area contributed by atoms with E-state index in [-0.39, 0.29) is 24.3 Å². The van der Waals surface area contributed by atoms with Gasteiger partial charge < -0.3 is 14.7 Å². The van der Waals surface area contributed by atoms with Crippen LogP contribution in [-0.4, -0.2) is 39.4 Å². The Labute approximate surface area is 179 Å². The number of carbonyl (C=O) groups excluding carboxylic acids is 2. The van der Waals surface area contributed by atoms with Crippen LogP contribution in [0.1, 0.15) is 42.8 Å². The minimum absolute atomic E-state index is 0.110. The minimum atomic E-state index is -0.443. The molecule has 3 heterocycles. The highest BCUT2D eigenvalue weighted by molar-refractivity contribution is 7.13. The molecular formula is C22H24N4O3S. The smallest absolute Gasteiger partial charge is 0.243 e. The van der Waals surface area contributed by atoms with Crippen molar-refractivity contribution in [3.8, 4) is 10.4 Å². The van der Waals surface area contributed by atoms with Crippen molar-refractivity contribution >= 4 is 23.2 Å². The summed E-state index contributed by atoms with van der Waals surface area (Å²) < 4.78 is 5.02. The van der Waals surface area contributed by atoms with Gasteiger partial charge in [0.05, 0.1) is 34.7 Å². The summed E-state index contributed by atoms with van der Waals surface area (Å²) in [7, 11) is 0. The largest absolute Gasteiger partial charge is 0.361 e. The molecular weight excluding hydrogens is 400 g/mol. The van der Waals surface area contributed by atoms with Crippen LogP contribution in [0.3, 0.4) is 0 Å². The van der Waals surface area contributed by atoms with E-state index in [0.29, 0.717) is 18.7 Å². The first-order valence-corrected chi connectivity index (χ1v) is 10.9. The Morgan fingerprint density at radius 1 is 1.30 bits per heavy atom. The first kappa shape index (κ1) is 20.3. The van der Waals surface area contributed by atoms with Crippen LogP contribution in [0.4, 0.5) is 0 Å². The maximum atomic E-state index is 12.9. The molecule has 3 aromatic rings. The lowest BCUT2D eigenvalue weighted by molar-refractivity contribution is -0.138. The zero-order chi connectivity index (χ0) is 21.1. The Balaban J connectivity index is 1.39. The number of nitrogens with one attached hydrogen (secondary N) is 1. The average Bonchev–Trinajstić information content (AvgIpc) is 3.49. The molecule has 0 saturated carbocycles. The summed E-state index contributed by atoms with van der Waals surface area (Å²) in [5, 5.41) is 6.70. The molecule has 1 aromatic carbocycles. The number of carbonyl (C=O) groups is 2. The van der Waals surface area contributed by atoms with E-state index in [9.17, 15) is 9.59 Å². The van der Waals surface area contributed by atoms with Gasteiger partial charge in [0.1, 0.15) is 11.8 Å². The first-order chi connectivity index (χ1) is 14.5. The van der Waals surface area contributed by atoms with Gasteiger partial charge in [-0.25, -0.2) is 4.98 Å². The highest BCUT2D eigenvalue weighted by Crippen LogP contribution is 2.28. The second-order valence-electron chi connectivity index (χ2n) is 7.52. The van der Waals surface area contributed by atoms with Crippen molar-refractivity contribution in [1.29, 1.82) is 0 Å². The second kappa shape index (κ2) is 8.79. The fraction of sp³-hybridized carbons (Fsp3) is 0.364. The lowest BCUT2D eigenvalue weighted by Crippen LogP contribution is -2.47. The van der Waals surface area contributed by atoms with Gasteiger partial charge in [-0.1, -0.05) is 29.4 Å². The van der Waals surface area contributed by atoms with Crippen molar-refractivity contribution in [2.45, 2.75) is 45.2 Å². The Morgan fingerprint density at radius 2 is 2.10 bits per heavy atom. The van der Waals surface area contributed by atoms with Crippen LogP contribution in [0.5, 0.6) is 0 Å². The van der Waals surface area contributed by atoms with Gasteiger partial charge in [0.2, 0.25) is 11.8 Å². The molecule has 0 bridgehead atoms. The maximum Gasteiger partial charge on any atom is 0.243 e. The predicted octanol–water partition coefficient (Wildman–Crippen LogP) is 3.52. The van der Waals surface area contributed by atoms with E-state index in [2.05, 4.69) is 27.6 Å². The van der Waals surface area contributed by atoms with Crippen molar-refractivity contribution in [3.63, 3.8) is 0 Å². The zero-order valence-electron chi connectivity index (χ0n) is 17.0. The van der Waals surface area contributed by atoms with Crippen molar-refractivity contribution < 1.29 is 14.1 Å². The molecule has 30 heavy (non-hydrogen) atoms. The number of aryl methyl sites for hydroxylation is 1. The summed E-state index contributed by atoms with van der Waals surface area (Å²) in [6.07, 6.45) is 3.12. The summed E-state index contributed by atoms with van der Waals surface area (Å²) in [4.78, 5) is 32.6. The third-order valence-electron chi connectivity index (χ3n) is 5.47. The van der Waals surface area contributed by atoms with Crippen molar-refractivity contribution in [2.24, 2.45) is 0 Å². The van der Waals surface area contributed by atoms with Gasteiger partial charge >= 0.3 is 0 Å². The third kappa shape index (κ3) is 4.28. The molecule has 156 valence electrons. The quantitative estimate of drug-likeness (QED) is 0.654. The highest BCUT2D eigenvalue weighted by atomic mass is 32.1. The van der Waals surface area contributed by atoms with Gasteiger partial charge in [0.25, 0.3) is 0 Å². The van der Waals surface area contributed by atoms with E-state index in [1.54, 1.807) is 22.3 Å². The van der Waals surface area contributed by atoms with Gasteiger partial charge in [0.15, 0.2) is 0 Å². The molecule has 8 heteroatoms. The van der Waals surface area contributed by atoms with Crippen LogP contribution in [0.15, 0.2) is 46.6 Å². The molecule has 4 rings (SSSR count). The fourth-order valence-electron chi connectivity index (χ4n) is 3.82. The van der Waals surface area contributed by atoms with E-state index in [4.69, 9.17) is 4.52 Å². The first-order valence-electron chi connectivity index (χ1n) is 10.0. The molecule has 2 amide bonds. The fourth-order valence-corrected chi connectivity index (χ4v) is 4.63. The van der Waals surface area contributed by atoms with E-state index in [0.717, 1.165) is 28.1 Å². The summed E-state index contributed by atoms with van der Waals surface area (Å²) in [6, 6.07) is 9.25. The van der Waals surface area contributed by atoms with Crippen LogP contribution < -0.4 is 5.32 Å².